The van der Waals surface area contributed by atoms with Gasteiger partial charge in [0.1, 0.15) is 12.4 Å². The van der Waals surface area contributed by atoms with Gasteiger partial charge in [-0.15, -0.1) is 0 Å². The summed E-state index contributed by atoms with van der Waals surface area (Å²) >= 11 is 0. The lowest BCUT2D eigenvalue weighted by Gasteiger charge is -2.49. The van der Waals surface area contributed by atoms with Crippen molar-refractivity contribution in [2.45, 2.75) is 44.9 Å². The number of cyclic esters (lactones) is 1. The highest BCUT2D eigenvalue weighted by Crippen LogP contribution is 2.57. The Kier molecular flexibility index (Phi) is 3.70. The number of hydrogen-bond acceptors (Lipinski definition) is 3. The summed E-state index contributed by atoms with van der Waals surface area (Å²) in [6.07, 6.45) is 5.12. The Morgan fingerprint density at radius 2 is 2.17 bits per heavy atom. The fourth-order valence-electron chi connectivity index (χ4n) is 5.34. The molecule has 1 aliphatic heterocycles. The minimum Gasteiger partial charge on any atom is -0.497 e. The van der Waals surface area contributed by atoms with Gasteiger partial charge >= 0.3 is 5.97 Å². The van der Waals surface area contributed by atoms with Crippen molar-refractivity contribution in [2.75, 3.05) is 13.7 Å². The molecule has 0 spiro atoms. The van der Waals surface area contributed by atoms with E-state index in [2.05, 4.69) is 31.7 Å². The maximum absolute atomic E-state index is 12.6. The molecule has 0 aromatic heterocycles. The van der Waals surface area contributed by atoms with Gasteiger partial charge in [-0.25, -0.2) is 0 Å². The first-order chi connectivity index (χ1) is 11.5. The summed E-state index contributed by atoms with van der Waals surface area (Å²) in [7, 11) is 1.72. The number of fused-ring (bicyclic) bond motifs is 5. The number of benzene rings is 1. The molecule has 1 heterocycles. The fraction of sp³-hybridized carbons (Fsp3) is 0.571. The molecule has 3 heteroatoms. The van der Waals surface area contributed by atoms with E-state index >= 15 is 0 Å². The third-order valence-electron chi connectivity index (χ3n) is 6.71. The van der Waals surface area contributed by atoms with E-state index in [1.54, 1.807) is 7.11 Å². The lowest BCUT2D eigenvalue weighted by molar-refractivity contribution is -0.160. The molecular formula is C21H26O3. The van der Waals surface area contributed by atoms with Crippen molar-refractivity contribution in [1.29, 1.82) is 0 Å². The van der Waals surface area contributed by atoms with Crippen molar-refractivity contribution in [2.24, 2.45) is 17.3 Å². The lowest BCUT2D eigenvalue weighted by Crippen LogP contribution is -2.46. The van der Waals surface area contributed by atoms with Crippen molar-refractivity contribution in [3.05, 3.63) is 41.5 Å². The van der Waals surface area contributed by atoms with Gasteiger partial charge in [-0.3, -0.25) is 4.79 Å². The van der Waals surface area contributed by atoms with Crippen LogP contribution < -0.4 is 4.74 Å². The molecule has 2 fully saturated rings. The third kappa shape index (κ3) is 2.28. The molecule has 0 radical (unpaired) electrons. The molecule has 4 rings (SSSR count). The van der Waals surface area contributed by atoms with Gasteiger partial charge in [-0.1, -0.05) is 12.6 Å². The van der Waals surface area contributed by atoms with Gasteiger partial charge < -0.3 is 9.47 Å². The summed E-state index contributed by atoms with van der Waals surface area (Å²) in [5.41, 5.74) is 3.62. The van der Waals surface area contributed by atoms with Crippen molar-refractivity contribution in [3.63, 3.8) is 0 Å². The highest BCUT2D eigenvalue weighted by atomic mass is 16.5. The van der Waals surface area contributed by atoms with Crippen LogP contribution in [0, 0.1) is 17.3 Å². The molecule has 1 aromatic carbocycles. The van der Waals surface area contributed by atoms with E-state index in [4.69, 9.17) is 9.47 Å². The summed E-state index contributed by atoms with van der Waals surface area (Å²) in [5, 5.41) is 0. The standard InChI is InChI=1S/C21H26O3/c1-13-10-19-18-6-4-14-11-15(23-3)5-7-16(14)17(18)8-9-21(19,2)20(22)24-12-13/h5,7,11,17-19H,1,4,6,8-10,12H2,2-3H3/t17-,18-,19+,21+/m1/s1. The zero-order valence-corrected chi connectivity index (χ0v) is 14.6. The first kappa shape index (κ1) is 15.7. The van der Waals surface area contributed by atoms with E-state index in [0.717, 1.165) is 43.4 Å². The van der Waals surface area contributed by atoms with E-state index in [1.165, 1.54) is 11.1 Å². The number of aryl methyl sites for hydroxylation is 1. The second kappa shape index (κ2) is 5.65. The van der Waals surface area contributed by atoms with Crippen LogP contribution in [0.5, 0.6) is 5.75 Å². The average Bonchev–Trinajstić information content (AvgIpc) is 2.71. The summed E-state index contributed by atoms with van der Waals surface area (Å²) < 4.78 is 10.9. The number of ether oxygens (including phenoxy) is 2. The molecule has 3 aliphatic rings. The smallest absolute Gasteiger partial charge is 0.312 e. The van der Waals surface area contributed by atoms with Gasteiger partial charge in [-0.2, -0.15) is 0 Å². The predicted octanol–water partition coefficient (Wildman–Crippen LogP) is 4.26. The van der Waals surface area contributed by atoms with Crippen LogP contribution >= 0.6 is 0 Å². The lowest BCUT2D eigenvalue weighted by atomic mass is 9.53. The van der Waals surface area contributed by atoms with Crippen molar-refractivity contribution in [1.82, 2.24) is 0 Å². The summed E-state index contributed by atoms with van der Waals surface area (Å²) in [6.45, 7) is 6.66. The van der Waals surface area contributed by atoms with Crippen LogP contribution in [0.25, 0.3) is 0 Å². The SMILES string of the molecule is C=C1COC(=O)[C@@]2(C)CC[C@@H]3c4ccc(OC)cc4CC[C@H]3[C@@H]2C1. The van der Waals surface area contributed by atoms with Gasteiger partial charge in [0.05, 0.1) is 12.5 Å². The van der Waals surface area contributed by atoms with Crippen molar-refractivity contribution < 1.29 is 14.3 Å². The quantitative estimate of drug-likeness (QED) is 0.571. The van der Waals surface area contributed by atoms with Crippen molar-refractivity contribution in [3.8, 4) is 5.75 Å². The maximum atomic E-state index is 12.6. The Balaban J connectivity index is 1.71. The zero-order chi connectivity index (χ0) is 16.9. The van der Waals surface area contributed by atoms with Gasteiger partial charge in [0.15, 0.2) is 0 Å². The van der Waals surface area contributed by atoms with Gasteiger partial charge in [0.2, 0.25) is 0 Å². The van der Waals surface area contributed by atoms with E-state index in [0.29, 0.717) is 24.4 Å². The first-order valence-electron chi connectivity index (χ1n) is 9.03. The van der Waals surface area contributed by atoms with Crippen LogP contribution in [-0.4, -0.2) is 19.7 Å². The number of carbonyl (C=O) groups excluding carboxylic acids is 1. The number of carbonyl (C=O) groups is 1. The van der Waals surface area contributed by atoms with Crippen LogP contribution in [0.15, 0.2) is 30.4 Å². The molecule has 0 amide bonds. The molecule has 0 unspecified atom stereocenters. The minimum absolute atomic E-state index is 0.00914. The summed E-state index contributed by atoms with van der Waals surface area (Å²) in [5.74, 6) is 2.39. The molecular weight excluding hydrogens is 300 g/mol. The van der Waals surface area contributed by atoms with Gasteiger partial charge in [0.25, 0.3) is 0 Å². The Labute approximate surface area is 144 Å². The number of esters is 1. The number of hydrogen-bond donors (Lipinski definition) is 0. The highest BCUT2D eigenvalue weighted by Gasteiger charge is 2.53. The third-order valence-corrected chi connectivity index (χ3v) is 6.71. The van der Waals surface area contributed by atoms with Gasteiger partial charge in [-0.05, 0) is 85.6 Å². The van der Waals surface area contributed by atoms with Crippen LogP contribution in [0.4, 0.5) is 0 Å². The molecule has 0 N–H and O–H groups in total. The van der Waals surface area contributed by atoms with Gasteiger partial charge in [0, 0.05) is 0 Å². The van der Waals surface area contributed by atoms with Crippen LogP contribution in [0.3, 0.4) is 0 Å². The predicted molar refractivity (Wildman–Crippen MR) is 93.1 cm³/mol. The van der Waals surface area contributed by atoms with Crippen LogP contribution in [0.2, 0.25) is 0 Å². The monoisotopic (exact) mass is 326 g/mol. The average molecular weight is 326 g/mol. The Morgan fingerprint density at radius 3 is 2.96 bits per heavy atom. The Morgan fingerprint density at radius 1 is 1.33 bits per heavy atom. The van der Waals surface area contributed by atoms with E-state index in [9.17, 15) is 4.79 Å². The maximum Gasteiger partial charge on any atom is 0.312 e. The fourth-order valence-corrected chi connectivity index (χ4v) is 5.34. The second-order valence-electron chi connectivity index (χ2n) is 7.97. The number of methoxy groups -OCH3 is 1. The molecule has 0 bridgehead atoms. The Hall–Kier alpha value is -1.77. The van der Waals surface area contributed by atoms with E-state index < -0.39 is 0 Å². The second-order valence-corrected chi connectivity index (χ2v) is 7.97. The molecule has 4 atom stereocenters. The molecule has 24 heavy (non-hydrogen) atoms. The van der Waals surface area contributed by atoms with E-state index in [-0.39, 0.29) is 11.4 Å². The molecule has 3 nitrogen and oxygen atoms in total. The molecule has 1 saturated carbocycles. The molecule has 1 aromatic rings. The topological polar surface area (TPSA) is 35.5 Å². The number of rotatable bonds is 1. The zero-order valence-electron chi connectivity index (χ0n) is 14.6. The summed E-state index contributed by atoms with van der Waals surface area (Å²) in [6, 6.07) is 6.52. The molecule has 2 aliphatic carbocycles. The van der Waals surface area contributed by atoms with Crippen molar-refractivity contribution >= 4 is 5.97 Å². The minimum atomic E-state index is -0.343. The van der Waals surface area contributed by atoms with E-state index in [1.807, 2.05) is 0 Å². The summed E-state index contributed by atoms with van der Waals surface area (Å²) in [4.78, 5) is 12.6. The first-order valence-corrected chi connectivity index (χ1v) is 9.03. The normalized spacial score (nSPS) is 35.2. The highest BCUT2D eigenvalue weighted by molar-refractivity contribution is 5.78. The Bertz CT molecular complexity index is 692. The molecule has 128 valence electrons. The van der Waals surface area contributed by atoms with Crippen LogP contribution in [-0.2, 0) is 16.0 Å². The molecule has 1 saturated heterocycles. The van der Waals surface area contributed by atoms with Crippen LogP contribution in [0.1, 0.15) is 49.7 Å². The largest absolute Gasteiger partial charge is 0.497 e.